The van der Waals surface area contributed by atoms with Gasteiger partial charge >= 0.3 is 0 Å². The van der Waals surface area contributed by atoms with E-state index in [1.807, 2.05) is 6.33 Å². The lowest BCUT2D eigenvalue weighted by Gasteiger charge is -2.29. The van der Waals surface area contributed by atoms with E-state index in [0.29, 0.717) is 6.04 Å². The van der Waals surface area contributed by atoms with E-state index in [0.717, 1.165) is 18.7 Å². The molecule has 0 spiro atoms. The summed E-state index contributed by atoms with van der Waals surface area (Å²) in [6.45, 7) is 2.26. The summed E-state index contributed by atoms with van der Waals surface area (Å²) in [6, 6.07) is 0.858. The quantitative estimate of drug-likeness (QED) is 0.853. The van der Waals surface area contributed by atoms with E-state index < -0.39 is 0 Å². The fraction of sp³-hybridized carbons (Fsp3) is 0.846. The average Bonchev–Trinajstić information content (AvgIpc) is 3.00. The number of rotatable bonds is 2. The van der Waals surface area contributed by atoms with Crippen LogP contribution >= 0.6 is 0 Å². The van der Waals surface area contributed by atoms with Gasteiger partial charge in [-0.25, -0.2) is 0 Å². The van der Waals surface area contributed by atoms with E-state index in [9.17, 15) is 0 Å². The zero-order valence-corrected chi connectivity index (χ0v) is 10.6. The Labute approximate surface area is 103 Å². The summed E-state index contributed by atoms with van der Waals surface area (Å²) >= 11 is 0. The normalized spacial score (nSPS) is 34.6. The zero-order valence-electron chi connectivity index (χ0n) is 10.6. The largest absolute Gasteiger partial charge is 0.327 e. The molecule has 2 N–H and O–H groups in total. The van der Waals surface area contributed by atoms with Crippen LogP contribution in [0.3, 0.4) is 0 Å². The molecule has 0 saturated heterocycles. The fourth-order valence-corrected chi connectivity index (χ4v) is 3.57. The monoisotopic (exact) mass is 234 g/mol. The van der Waals surface area contributed by atoms with Crippen molar-refractivity contribution in [3.63, 3.8) is 0 Å². The maximum Gasteiger partial charge on any atom is 0.140 e. The Morgan fingerprint density at radius 2 is 2.06 bits per heavy atom. The second kappa shape index (κ2) is 4.09. The van der Waals surface area contributed by atoms with E-state index >= 15 is 0 Å². The molecule has 4 heteroatoms. The summed E-state index contributed by atoms with van der Waals surface area (Å²) in [7, 11) is 0. The summed E-state index contributed by atoms with van der Waals surface area (Å²) in [5.41, 5.74) is 6.33. The minimum Gasteiger partial charge on any atom is -0.327 e. The predicted octanol–water partition coefficient (Wildman–Crippen LogP) is 2.16. The lowest BCUT2D eigenvalue weighted by atomic mass is 9.84. The standard InChI is InChI=1S/C13H22N4/c1-13(8-4-7-11(13)14)12-16-15-9-17(12)10-5-2-3-6-10/h9-11H,2-8,14H2,1H3. The van der Waals surface area contributed by atoms with Gasteiger partial charge in [-0.3, -0.25) is 0 Å². The lowest BCUT2D eigenvalue weighted by Crippen LogP contribution is -2.40. The molecule has 2 saturated carbocycles. The molecule has 4 nitrogen and oxygen atoms in total. The van der Waals surface area contributed by atoms with Crippen molar-refractivity contribution in [2.24, 2.45) is 5.73 Å². The first-order valence-corrected chi connectivity index (χ1v) is 6.87. The molecule has 17 heavy (non-hydrogen) atoms. The van der Waals surface area contributed by atoms with Crippen molar-refractivity contribution in [2.45, 2.75) is 69.4 Å². The van der Waals surface area contributed by atoms with Gasteiger partial charge in [0.05, 0.1) is 0 Å². The maximum atomic E-state index is 6.29. The third-order valence-electron chi connectivity index (χ3n) is 4.83. The summed E-state index contributed by atoms with van der Waals surface area (Å²) in [5.74, 6) is 1.13. The molecule has 2 aliphatic carbocycles. The van der Waals surface area contributed by atoms with Crippen LogP contribution in [0.1, 0.15) is 63.7 Å². The number of hydrogen-bond acceptors (Lipinski definition) is 3. The first kappa shape index (κ1) is 11.2. The molecule has 0 bridgehead atoms. The van der Waals surface area contributed by atoms with Crippen LogP contribution in [0.15, 0.2) is 6.33 Å². The van der Waals surface area contributed by atoms with Gasteiger partial charge in [0, 0.05) is 17.5 Å². The van der Waals surface area contributed by atoms with Gasteiger partial charge in [0.1, 0.15) is 12.2 Å². The molecule has 2 atom stereocenters. The SMILES string of the molecule is CC1(c2nncn2C2CCCC2)CCCC1N. The zero-order chi connectivity index (χ0) is 11.9. The molecule has 0 amide bonds. The highest BCUT2D eigenvalue weighted by atomic mass is 15.3. The van der Waals surface area contributed by atoms with Crippen LogP contribution in [-0.4, -0.2) is 20.8 Å². The highest BCUT2D eigenvalue weighted by Gasteiger charge is 2.42. The fourth-order valence-electron chi connectivity index (χ4n) is 3.57. The van der Waals surface area contributed by atoms with Crippen LogP contribution in [-0.2, 0) is 5.41 Å². The smallest absolute Gasteiger partial charge is 0.140 e. The second-order valence-electron chi connectivity index (χ2n) is 5.92. The Morgan fingerprint density at radius 3 is 2.71 bits per heavy atom. The van der Waals surface area contributed by atoms with Crippen LogP contribution in [0.2, 0.25) is 0 Å². The first-order chi connectivity index (χ1) is 8.22. The molecular formula is C13H22N4. The van der Waals surface area contributed by atoms with Gasteiger partial charge in [-0.05, 0) is 25.7 Å². The van der Waals surface area contributed by atoms with E-state index in [1.165, 1.54) is 32.1 Å². The average molecular weight is 234 g/mol. The summed E-state index contributed by atoms with van der Waals surface area (Å²) in [5, 5.41) is 8.55. The van der Waals surface area contributed by atoms with Crippen molar-refractivity contribution in [3.05, 3.63) is 12.2 Å². The third-order valence-corrected chi connectivity index (χ3v) is 4.83. The summed E-state index contributed by atoms with van der Waals surface area (Å²) < 4.78 is 2.32. The second-order valence-corrected chi connectivity index (χ2v) is 5.92. The molecule has 1 aromatic heterocycles. The molecule has 2 unspecified atom stereocenters. The molecule has 2 aliphatic rings. The number of nitrogens with zero attached hydrogens (tertiary/aromatic N) is 3. The molecule has 1 heterocycles. The van der Waals surface area contributed by atoms with Gasteiger partial charge in [-0.15, -0.1) is 10.2 Å². The van der Waals surface area contributed by atoms with Crippen LogP contribution in [0, 0.1) is 0 Å². The number of nitrogens with two attached hydrogens (primary N) is 1. The van der Waals surface area contributed by atoms with Crippen LogP contribution in [0.5, 0.6) is 0 Å². The van der Waals surface area contributed by atoms with Crippen molar-refractivity contribution >= 4 is 0 Å². The van der Waals surface area contributed by atoms with E-state index in [4.69, 9.17) is 5.73 Å². The van der Waals surface area contributed by atoms with Gasteiger partial charge in [0.2, 0.25) is 0 Å². The van der Waals surface area contributed by atoms with Crippen molar-refractivity contribution in [1.82, 2.24) is 14.8 Å². The maximum absolute atomic E-state index is 6.29. The minimum absolute atomic E-state index is 0.0408. The van der Waals surface area contributed by atoms with E-state index in [2.05, 4.69) is 21.7 Å². The van der Waals surface area contributed by atoms with Gasteiger partial charge in [-0.2, -0.15) is 0 Å². The number of aromatic nitrogens is 3. The predicted molar refractivity (Wildman–Crippen MR) is 66.7 cm³/mol. The summed E-state index contributed by atoms with van der Waals surface area (Å²) in [4.78, 5) is 0. The van der Waals surface area contributed by atoms with E-state index in [1.54, 1.807) is 0 Å². The van der Waals surface area contributed by atoms with Crippen LogP contribution < -0.4 is 5.73 Å². The Morgan fingerprint density at radius 1 is 1.29 bits per heavy atom. The van der Waals surface area contributed by atoms with Crippen LogP contribution in [0.4, 0.5) is 0 Å². The van der Waals surface area contributed by atoms with E-state index in [-0.39, 0.29) is 11.5 Å². The molecule has 0 aromatic carbocycles. The highest BCUT2D eigenvalue weighted by molar-refractivity contribution is 5.15. The molecule has 2 fully saturated rings. The molecule has 0 aliphatic heterocycles. The van der Waals surface area contributed by atoms with Gasteiger partial charge in [-0.1, -0.05) is 26.2 Å². The van der Waals surface area contributed by atoms with Gasteiger partial charge in [0.25, 0.3) is 0 Å². The Balaban J connectivity index is 1.95. The van der Waals surface area contributed by atoms with Crippen molar-refractivity contribution in [2.75, 3.05) is 0 Å². The lowest BCUT2D eigenvalue weighted by molar-refractivity contribution is 0.363. The number of hydrogen-bond donors (Lipinski definition) is 1. The summed E-state index contributed by atoms with van der Waals surface area (Å²) in [6.07, 6.45) is 10.6. The Kier molecular flexibility index (Phi) is 2.69. The van der Waals surface area contributed by atoms with Crippen molar-refractivity contribution in [3.8, 4) is 0 Å². The molecule has 3 rings (SSSR count). The van der Waals surface area contributed by atoms with Gasteiger partial charge < -0.3 is 10.3 Å². The molecule has 1 aromatic rings. The molecule has 0 radical (unpaired) electrons. The minimum atomic E-state index is 0.0408. The third kappa shape index (κ3) is 1.69. The topological polar surface area (TPSA) is 56.7 Å². The Hall–Kier alpha value is -0.900. The first-order valence-electron chi connectivity index (χ1n) is 6.87. The highest BCUT2D eigenvalue weighted by Crippen LogP contribution is 2.41. The molecule has 94 valence electrons. The van der Waals surface area contributed by atoms with Crippen molar-refractivity contribution < 1.29 is 0 Å². The van der Waals surface area contributed by atoms with Crippen molar-refractivity contribution in [1.29, 1.82) is 0 Å². The molecular weight excluding hydrogens is 212 g/mol. The Bertz CT molecular complexity index is 394. The van der Waals surface area contributed by atoms with Gasteiger partial charge in [0.15, 0.2) is 0 Å². The van der Waals surface area contributed by atoms with Crippen LogP contribution in [0.25, 0.3) is 0 Å².